The fourth-order valence-corrected chi connectivity index (χ4v) is 2.48. The molecule has 0 saturated heterocycles. The first-order valence-corrected chi connectivity index (χ1v) is 6.65. The molecule has 0 aliphatic carbocycles. The molecule has 6 heteroatoms. The maximum absolute atomic E-state index is 10.6. The van der Waals surface area contributed by atoms with Gasteiger partial charge in [0.05, 0.1) is 20.3 Å². The average molecular weight is 284 g/mol. The van der Waals surface area contributed by atoms with Gasteiger partial charge in [-0.25, -0.2) is 0 Å². The zero-order chi connectivity index (χ0) is 14.8. The number of nitrogens with zero attached hydrogens (tertiary/aromatic N) is 4. The van der Waals surface area contributed by atoms with E-state index >= 15 is 0 Å². The summed E-state index contributed by atoms with van der Waals surface area (Å²) < 4.78 is 5.40. The van der Waals surface area contributed by atoms with E-state index in [4.69, 9.17) is 4.74 Å². The molecule has 21 heavy (non-hydrogen) atoms. The van der Waals surface area contributed by atoms with E-state index < -0.39 is 6.10 Å². The van der Waals surface area contributed by atoms with Gasteiger partial charge in [-0.2, -0.15) is 4.80 Å². The van der Waals surface area contributed by atoms with Crippen LogP contribution in [-0.2, 0) is 13.5 Å². The van der Waals surface area contributed by atoms with E-state index in [1.807, 2.05) is 36.4 Å². The molecule has 1 aromatic heterocycles. The predicted molar refractivity (Wildman–Crippen MR) is 78.0 cm³/mol. The third-order valence-corrected chi connectivity index (χ3v) is 3.41. The third kappa shape index (κ3) is 2.57. The van der Waals surface area contributed by atoms with E-state index in [0.29, 0.717) is 11.6 Å². The lowest BCUT2D eigenvalue weighted by atomic mass is 9.97. The van der Waals surface area contributed by atoms with E-state index in [2.05, 4.69) is 15.4 Å². The molecule has 0 bridgehead atoms. The minimum absolute atomic E-state index is 0.290. The highest BCUT2D eigenvalue weighted by Crippen LogP contribution is 2.34. The topological polar surface area (TPSA) is 73.1 Å². The fourth-order valence-electron chi connectivity index (χ4n) is 2.48. The molecule has 3 rings (SSSR count). The van der Waals surface area contributed by atoms with E-state index in [-0.39, 0.29) is 6.42 Å². The van der Waals surface area contributed by atoms with Gasteiger partial charge in [-0.3, -0.25) is 0 Å². The Kier molecular flexibility index (Phi) is 3.53. The summed E-state index contributed by atoms with van der Waals surface area (Å²) in [6, 6.07) is 11.7. The summed E-state index contributed by atoms with van der Waals surface area (Å²) >= 11 is 0. The van der Waals surface area contributed by atoms with Crippen molar-refractivity contribution in [1.29, 1.82) is 0 Å². The maximum atomic E-state index is 10.6. The van der Waals surface area contributed by atoms with Crippen LogP contribution < -0.4 is 4.74 Å². The first kappa shape index (κ1) is 13.5. The molecule has 0 saturated carbocycles. The largest absolute Gasteiger partial charge is 0.496 e. The van der Waals surface area contributed by atoms with Crippen LogP contribution in [0.4, 0.5) is 0 Å². The first-order valence-electron chi connectivity index (χ1n) is 6.65. The first-order chi connectivity index (χ1) is 10.2. The van der Waals surface area contributed by atoms with Gasteiger partial charge in [-0.15, -0.1) is 10.2 Å². The highest BCUT2D eigenvalue weighted by molar-refractivity contribution is 5.88. The van der Waals surface area contributed by atoms with Gasteiger partial charge >= 0.3 is 0 Å². The summed E-state index contributed by atoms with van der Waals surface area (Å²) in [7, 11) is 3.29. The molecule has 0 amide bonds. The zero-order valence-corrected chi connectivity index (χ0v) is 11.9. The van der Waals surface area contributed by atoms with Crippen LogP contribution in [0, 0.1) is 0 Å². The van der Waals surface area contributed by atoms with Gasteiger partial charge in [-0.1, -0.05) is 30.3 Å². The molecule has 1 heterocycles. The van der Waals surface area contributed by atoms with Crippen LogP contribution in [0.2, 0.25) is 0 Å². The van der Waals surface area contributed by atoms with Crippen LogP contribution >= 0.6 is 0 Å². The monoisotopic (exact) mass is 284 g/mol. The lowest BCUT2D eigenvalue weighted by Crippen LogP contribution is -2.06. The lowest BCUT2D eigenvalue weighted by molar-refractivity contribution is 0.173. The standard InChI is InChI=1S/C15H16N4O2/c1-19-17-14(16-18-19)9-12(20)15-11-6-4-3-5-10(11)7-8-13(15)21-2/h3-8,12,20H,9H2,1-2H3. The van der Waals surface area contributed by atoms with Crippen molar-refractivity contribution in [2.24, 2.45) is 7.05 Å². The van der Waals surface area contributed by atoms with Gasteiger partial charge < -0.3 is 9.84 Å². The van der Waals surface area contributed by atoms with Gasteiger partial charge in [0.1, 0.15) is 5.75 Å². The molecule has 0 fully saturated rings. The summed E-state index contributed by atoms with van der Waals surface area (Å²) in [6.45, 7) is 0. The lowest BCUT2D eigenvalue weighted by Gasteiger charge is -2.16. The minimum Gasteiger partial charge on any atom is -0.496 e. The smallest absolute Gasteiger partial charge is 0.177 e. The third-order valence-electron chi connectivity index (χ3n) is 3.41. The fraction of sp³-hybridized carbons (Fsp3) is 0.267. The Balaban J connectivity index is 2.04. The highest BCUT2D eigenvalue weighted by atomic mass is 16.5. The van der Waals surface area contributed by atoms with E-state index in [1.165, 1.54) is 4.80 Å². The molecular formula is C15H16N4O2. The van der Waals surface area contributed by atoms with Crippen LogP contribution in [0.3, 0.4) is 0 Å². The Labute approximate surface area is 122 Å². The number of hydrogen-bond donors (Lipinski definition) is 1. The number of aryl methyl sites for hydroxylation is 1. The second-order valence-electron chi connectivity index (χ2n) is 4.82. The molecule has 0 spiro atoms. The number of aromatic nitrogens is 4. The van der Waals surface area contributed by atoms with Crippen LogP contribution in [-0.4, -0.2) is 32.4 Å². The van der Waals surface area contributed by atoms with Crippen molar-refractivity contribution in [2.75, 3.05) is 7.11 Å². The van der Waals surface area contributed by atoms with Gasteiger partial charge in [-0.05, 0) is 22.1 Å². The molecular weight excluding hydrogens is 268 g/mol. The van der Waals surface area contributed by atoms with Crippen molar-refractivity contribution in [3.63, 3.8) is 0 Å². The van der Waals surface area contributed by atoms with Crippen molar-refractivity contribution < 1.29 is 9.84 Å². The quantitative estimate of drug-likeness (QED) is 0.788. The number of ether oxygens (including phenoxy) is 1. The molecule has 1 N–H and O–H groups in total. The van der Waals surface area contributed by atoms with E-state index in [1.54, 1.807) is 14.2 Å². The Hall–Kier alpha value is -2.47. The highest BCUT2D eigenvalue weighted by Gasteiger charge is 2.19. The molecule has 0 aliphatic rings. The molecule has 3 aromatic rings. The number of aliphatic hydroxyl groups is 1. The summed E-state index contributed by atoms with van der Waals surface area (Å²) in [5.41, 5.74) is 0.753. The number of hydrogen-bond acceptors (Lipinski definition) is 5. The SMILES string of the molecule is COc1ccc2ccccc2c1C(O)Cc1nnn(C)n1. The number of methoxy groups -OCH3 is 1. The summed E-state index contributed by atoms with van der Waals surface area (Å²) in [5.74, 6) is 1.16. The number of rotatable bonds is 4. The number of benzene rings is 2. The number of tetrazole rings is 1. The molecule has 0 radical (unpaired) electrons. The van der Waals surface area contributed by atoms with Gasteiger partial charge in [0.2, 0.25) is 0 Å². The predicted octanol–water partition coefficient (Wildman–Crippen LogP) is 1.65. The summed E-state index contributed by atoms with van der Waals surface area (Å²) in [4.78, 5) is 1.38. The van der Waals surface area contributed by atoms with E-state index in [0.717, 1.165) is 16.3 Å². The Morgan fingerprint density at radius 3 is 2.76 bits per heavy atom. The zero-order valence-electron chi connectivity index (χ0n) is 11.9. The summed E-state index contributed by atoms with van der Waals surface area (Å²) in [6.07, 6.45) is -0.465. The van der Waals surface area contributed by atoms with Crippen LogP contribution in [0.1, 0.15) is 17.5 Å². The van der Waals surface area contributed by atoms with Crippen LogP contribution in [0.5, 0.6) is 5.75 Å². The van der Waals surface area contributed by atoms with Crippen molar-refractivity contribution in [3.05, 3.63) is 47.8 Å². The average Bonchev–Trinajstić information content (AvgIpc) is 2.90. The minimum atomic E-state index is -0.754. The Bertz CT molecular complexity index is 769. The van der Waals surface area contributed by atoms with Crippen molar-refractivity contribution in [2.45, 2.75) is 12.5 Å². The Morgan fingerprint density at radius 2 is 2.05 bits per heavy atom. The van der Waals surface area contributed by atoms with Gasteiger partial charge in [0.15, 0.2) is 5.82 Å². The number of aliphatic hydroxyl groups excluding tert-OH is 1. The van der Waals surface area contributed by atoms with Crippen LogP contribution in [0.25, 0.3) is 10.8 Å². The van der Waals surface area contributed by atoms with Crippen LogP contribution in [0.15, 0.2) is 36.4 Å². The molecule has 2 aromatic carbocycles. The molecule has 1 atom stereocenters. The van der Waals surface area contributed by atoms with Crippen molar-refractivity contribution >= 4 is 10.8 Å². The van der Waals surface area contributed by atoms with Crippen molar-refractivity contribution in [1.82, 2.24) is 20.2 Å². The molecule has 0 aliphatic heterocycles. The second kappa shape index (κ2) is 5.49. The molecule has 1 unspecified atom stereocenters. The van der Waals surface area contributed by atoms with Crippen molar-refractivity contribution in [3.8, 4) is 5.75 Å². The molecule has 108 valence electrons. The normalized spacial score (nSPS) is 12.5. The second-order valence-corrected chi connectivity index (χ2v) is 4.82. The van der Waals surface area contributed by atoms with Gasteiger partial charge in [0.25, 0.3) is 0 Å². The molecule has 6 nitrogen and oxygen atoms in total. The maximum Gasteiger partial charge on any atom is 0.177 e. The van der Waals surface area contributed by atoms with E-state index in [9.17, 15) is 5.11 Å². The number of fused-ring (bicyclic) bond motifs is 1. The van der Waals surface area contributed by atoms with Gasteiger partial charge in [0, 0.05) is 12.0 Å². The Morgan fingerprint density at radius 1 is 1.24 bits per heavy atom. The summed E-state index contributed by atoms with van der Waals surface area (Å²) in [5, 5.41) is 24.4.